The highest BCUT2D eigenvalue weighted by molar-refractivity contribution is 7.07. The van der Waals surface area contributed by atoms with Crippen LogP contribution >= 0.6 is 22.9 Å². The Balaban J connectivity index is 2.06. The molecule has 0 aliphatic carbocycles. The maximum absolute atomic E-state index is 6.00. The van der Waals surface area contributed by atoms with Crippen molar-refractivity contribution in [2.24, 2.45) is 10.1 Å². The Morgan fingerprint density at radius 1 is 1.24 bits per heavy atom. The minimum absolute atomic E-state index is 0.575. The van der Waals surface area contributed by atoms with Gasteiger partial charge in [0.15, 0.2) is 0 Å². The first-order valence-corrected chi connectivity index (χ1v) is 8.95. The zero-order valence-corrected chi connectivity index (χ0v) is 15.3. The Labute approximate surface area is 155 Å². The Hall–Kier alpha value is -2.50. The third-order valence-corrected chi connectivity index (χ3v) is 4.44. The van der Waals surface area contributed by atoms with E-state index in [1.807, 2.05) is 53.4 Å². The fourth-order valence-electron chi connectivity index (χ4n) is 2.11. The lowest BCUT2D eigenvalue weighted by atomic mass is 10.2. The van der Waals surface area contributed by atoms with Crippen molar-refractivity contribution in [2.75, 3.05) is 6.54 Å². The average Bonchev–Trinajstić information content (AvgIpc) is 3.02. The first-order valence-electron chi connectivity index (χ1n) is 7.69. The van der Waals surface area contributed by atoms with Crippen LogP contribution in [0.1, 0.15) is 12.5 Å². The van der Waals surface area contributed by atoms with Crippen LogP contribution in [0.15, 0.2) is 76.4 Å². The molecule has 0 radical (unpaired) electrons. The SMILES string of the molecule is C=C(C)CN=c1scc(-c2ccc(Cl)cc2)n1N=Cc1ccncc1. The Bertz CT molecular complexity index is 953. The molecule has 6 heteroatoms. The van der Waals surface area contributed by atoms with Gasteiger partial charge < -0.3 is 0 Å². The van der Waals surface area contributed by atoms with Crippen molar-refractivity contribution in [3.05, 3.63) is 81.7 Å². The summed E-state index contributed by atoms with van der Waals surface area (Å²) in [6, 6.07) is 11.5. The number of benzene rings is 1. The lowest BCUT2D eigenvalue weighted by Gasteiger charge is -2.04. The predicted octanol–water partition coefficient (Wildman–Crippen LogP) is 4.62. The maximum atomic E-state index is 6.00. The summed E-state index contributed by atoms with van der Waals surface area (Å²) < 4.78 is 1.84. The normalized spacial score (nSPS) is 12.0. The van der Waals surface area contributed by atoms with Crippen molar-refractivity contribution in [3.63, 3.8) is 0 Å². The van der Waals surface area contributed by atoms with E-state index in [0.29, 0.717) is 11.6 Å². The van der Waals surface area contributed by atoms with Gasteiger partial charge in [0.05, 0.1) is 18.5 Å². The molecule has 0 unspecified atom stereocenters. The van der Waals surface area contributed by atoms with E-state index in [9.17, 15) is 0 Å². The predicted molar refractivity (Wildman–Crippen MR) is 105 cm³/mol. The molecule has 0 N–H and O–H groups in total. The second kappa shape index (κ2) is 8.05. The number of aromatic nitrogens is 2. The summed E-state index contributed by atoms with van der Waals surface area (Å²) in [6.45, 7) is 6.44. The van der Waals surface area contributed by atoms with Gasteiger partial charge in [-0.05, 0) is 36.8 Å². The standard InChI is InChI=1S/C19H17ClN4S/c1-14(2)11-22-19-24(23-12-15-7-9-21-10-8-15)18(13-25-19)16-3-5-17(20)6-4-16/h3-10,12-13H,1,11H2,2H3. The van der Waals surface area contributed by atoms with Gasteiger partial charge in [0, 0.05) is 28.4 Å². The highest BCUT2D eigenvalue weighted by Crippen LogP contribution is 2.22. The number of rotatable bonds is 5. The molecule has 0 atom stereocenters. The molecule has 3 rings (SSSR count). The molecule has 0 bridgehead atoms. The Morgan fingerprint density at radius 2 is 1.96 bits per heavy atom. The van der Waals surface area contributed by atoms with Crippen LogP contribution in [0, 0.1) is 0 Å². The first-order chi connectivity index (χ1) is 12.1. The van der Waals surface area contributed by atoms with Crippen molar-refractivity contribution in [3.8, 4) is 11.3 Å². The molecule has 0 saturated heterocycles. The number of halogens is 1. The van der Waals surface area contributed by atoms with Crippen LogP contribution < -0.4 is 4.80 Å². The number of thiazole rings is 1. The molecular weight excluding hydrogens is 352 g/mol. The molecule has 0 amide bonds. The molecule has 0 aliphatic rings. The number of nitrogens with zero attached hydrogens (tertiary/aromatic N) is 4. The zero-order valence-electron chi connectivity index (χ0n) is 13.8. The van der Waals surface area contributed by atoms with Crippen molar-refractivity contribution in [2.45, 2.75) is 6.92 Å². The van der Waals surface area contributed by atoms with E-state index in [1.54, 1.807) is 29.9 Å². The van der Waals surface area contributed by atoms with Gasteiger partial charge in [-0.3, -0.25) is 9.98 Å². The number of hydrogen-bond acceptors (Lipinski definition) is 4. The van der Waals surface area contributed by atoms with Crippen LogP contribution in [0.2, 0.25) is 5.02 Å². The van der Waals surface area contributed by atoms with E-state index in [-0.39, 0.29) is 0 Å². The summed E-state index contributed by atoms with van der Waals surface area (Å²) in [6.07, 6.45) is 5.28. The second-order valence-corrected chi connectivity index (χ2v) is 6.79. The maximum Gasteiger partial charge on any atom is 0.206 e. The van der Waals surface area contributed by atoms with E-state index in [2.05, 4.69) is 21.7 Å². The summed E-state index contributed by atoms with van der Waals surface area (Å²) in [5.41, 5.74) is 3.98. The van der Waals surface area contributed by atoms with Crippen LogP contribution in [0.25, 0.3) is 11.3 Å². The molecule has 0 fully saturated rings. The van der Waals surface area contributed by atoms with E-state index in [4.69, 9.17) is 11.6 Å². The molecular formula is C19H17ClN4S. The highest BCUT2D eigenvalue weighted by atomic mass is 35.5. The largest absolute Gasteiger partial charge is 0.265 e. The van der Waals surface area contributed by atoms with Gasteiger partial charge in [0.2, 0.25) is 4.80 Å². The fraction of sp³-hybridized carbons (Fsp3) is 0.105. The number of hydrogen-bond donors (Lipinski definition) is 0. The molecule has 25 heavy (non-hydrogen) atoms. The third kappa shape index (κ3) is 4.53. The van der Waals surface area contributed by atoms with E-state index < -0.39 is 0 Å². The van der Waals surface area contributed by atoms with Gasteiger partial charge in [0.1, 0.15) is 0 Å². The minimum atomic E-state index is 0.575. The van der Waals surface area contributed by atoms with Gasteiger partial charge in [-0.15, -0.1) is 11.3 Å². The molecule has 0 aliphatic heterocycles. The van der Waals surface area contributed by atoms with Crippen LogP contribution in [0.3, 0.4) is 0 Å². The molecule has 126 valence electrons. The van der Waals surface area contributed by atoms with Crippen molar-refractivity contribution >= 4 is 29.2 Å². The quantitative estimate of drug-likeness (QED) is 0.478. The molecule has 2 aromatic heterocycles. The summed E-state index contributed by atoms with van der Waals surface area (Å²) in [4.78, 5) is 9.45. The molecule has 0 spiro atoms. The van der Waals surface area contributed by atoms with E-state index in [0.717, 1.165) is 27.2 Å². The van der Waals surface area contributed by atoms with Crippen LogP contribution in [0.4, 0.5) is 0 Å². The van der Waals surface area contributed by atoms with E-state index in [1.165, 1.54) is 0 Å². The fourth-order valence-corrected chi connectivity index (χ4v) is 3.08. The summed E-state index contributed by atoms with van der Waals surface area (Å²) >= 11 is 7.55. The van der Waals surface area contributed by atoms with Gasteiger partial charge >= 0.3 is 0 Å². The van der Waals surface area contributed by atoms with Crippen LogP contribution in [0.5, 0.6) is 0 Å². The Kier molecular flexibility index (Phi) is 5.58. The van der Waals surface area contributed by atoms with Gasteiger partial charge in [-0.1, -0.05) is 35.9 Å². The first kappa shape index (κ1) is 17.3. The minimum Gasteiger partial charge on any atom is -0.265 e. The van der Waals surface area contributed by atoms with Crippen LogP contribution in [-0.2, 0) is 0 Å². The third-order valence-electron chi connectivity index (χ3n) is 3.34. The molecule has 2 heterocycles. The molecule has 0 saturated carbocycles. The van der Waals surface area contributed by atoms with Gasteiger partial charge in [-0.25, -0.2) is 4.68 Å². The van der Waals surface area contributed by atoms with Crippen molar-refractivity contribution in [1.82, 2.24) is 9.66 Å². The highest BCUT2D eigenvalue weighted by Gasteiger charge is 2.07. The molecule has 3 aromatic rings. The Morgan fingerprint density at radius 3 is 2.64 bits per heavy atom. The molecule has 1 aromatic carbocycles. The average molecular weight is 369 g/mol. The van der Waals surface area contributed by atoms with Gasteiger partial charge in [-0.2, -0.15) is 5.10 Å². The molecule has 4 nitrogen and oxygen atoms in total. The van der Waals surface area contributed by atoms with E-state index >= 15 is 0 Å². The zero-order chi connectivity index (χ0) is 17.6. The lowest BCUT2D eigenvalue weighted by molar-refractivity contribution is 0.836. The number of pyridine rings is 1. The van der Waals surface area contributed by atoms with Crippen LogP contribution in [-0.4, -0.2) is 22.4 Å². The lowest BCUT2D eigenvalue weighted by Crippen LogP contribution is -2.13. The summed E-state index contributed by atoms with van der Waals surface area (Å²) in [5, 5.41) is 7.38. The second-order valence-electron chi connectivity index (χ2n) is 5.52. The van der Waals surface area contributed by atoms with Crippen molar-refractivity contribution < 1.29 is 0 Å². The topological polar surface area (TPSA) is 42.5 Å². The smallest absolute Gasteiger partial charge is 0.206 e. The monoisotopic (exact) mass is 368 g/mol. The summed E-state index contributed by atoms with van der Waals surface area (Å²) in [5.74, 6) is 0. The van der Waals surface area contributed by atoms with Gasteiger partial charge in [0.25, 0.3) is 0 Å². The summed E-state index contributed by atoms with van der Waals surface area (Å²) in [7, 11) is 0. The van der Waals surface area contributed by atoms with Crippen molar-refractivity contribution in [1.29, 1.82) is 0 Å².